The molecule has 0 heterocycles. The van der Waals surface area contributed by atoms with E-state index in [1.807, 2.05) is 14.1 Å². The lowest BCUT2D eigenvalue weighted by molar-refractivity contribution is 0.286. The molecule has 0 unspecified atom stereocenters. The van der Waals surface area contributed by atoms with Crippen LogP contribution in [-0.2, 0) is 0 Å². The molecule has 0 amide bonds. The zero-order chi connectivity index (χ0) is 7.11. The molecule has 9 heavy (non-hydrogen) atoms. The Morgan fingerprint density at radius 3 is 2.56 bits per heavy atom. The topological polar surface area (TPSA) is 23.5 Å². The quantitative estimate of drug-likeness (QED) is 0.549. The van der Waals surface area contributed by atoms with Crippen molar-refractivity contribution in [1.82, 2.24) is 4.90 Å². The van der Waals surface area contributed by atoms with Gasteiger partial charge in [0, 0.05) is 13.2 Å². The maximum absolute atomic E-state index is 8.40. The van der Waals surface area contributed by atoms with Crippen molar-refractivity contribution >= 4 is 0 Å². The maximum Gasteiger partial charge on any atom is 0.0431 e. The molecule has 0 aliphatic carbocycles. The second kappa shape index (κ2) is 6.05. The highest BCUT2D eigenvalue weighted by Gasteiger charge is 1.89. The van der Waals surface area contributed by atoms with E-state index in [2.05, 4.69) is 11.3 Å². The first-order valence-corrected chi connectivity index (χ1v) is 3.34. The van der Waals surface area contributed by atoms with Crippen molar-refractivity contribution < 1.29 is 5.11 Å². The van der Waals surface area contributed by atoms with Gasteiger partial charge in [-0.25, -0.2) is 0 Å². The highest BCUT2D eigenvalue weighted by atomic mass is 16.2. The Morgan fingerprint density at radius 1 is 1.44 bits per heavy atom. The summed E-state index contributed by atoms with van der Waals surface area (Å²) in [6, 6.07) is 0. The fraction of sp³-hybridized carbons (Fsp3) is 0.857. The third-order valence-electron chi connectivity index (χ3n) is 1.06. The molecule has 1 radical (unpaired) electrons. The number of aliphatic hydroxyl groups is 1. The lowest BCUT2D eigenvalue weighted by Crippen LogP contribution is -2.13. The molecule has 0 bridgehead atoms. The molecule has 0 saturated carbocycles. The van der Waals surface area contributed by atoms with Gasteiger partial charge in [-0.1, -0.05) is 0 Å². The molecule has 0 saturated heterocycles. The Balaban J connectivity index is 2.75. The van der Waals surface area contributed by atoms with Crippen LogP contribution in [0.3, 0.4) is 0 Å². The van der Waals surface area contributed by atoms with E-state index < -0.39 is 0 Å². The van der Waals surface area contributed by atoms with E-state index in [0.717, 1.165) is 19.4 Å². The second-order valence-corrected chi connectivity index (χ2v) is 2.42. The molecule has 0 spiro atoms. The number of rotatable bonds is 5. The average Bonchev–Trinajstić information content (AvgIpc) is 1.80. The summed E-state index contributed by atoms with van der Waals surface area (Å²) < 4.78 is 0. The number of hydrogen-bond donors (Lipinski definition) is 1. The fourth-order valence-electron chi connectivity index (χ4n) is 0.585. The molecule has 2 heteroatoms. The van der Waals surface area contributed by atoms with Crippen LogP contribution in [0.1, 0.15) is 12.8 Å². The molecular weight excluding hydrogens is 114 g/mol. The van der Waals surface area contributed by atoms with Gasteiger partial charge >= 0.3 is 0 Å². The van der Waals surface area contributed by atoms with E-state index in [0.29, 0.717) is 6.61 Å². The summed E-state index contributed by atoms with van der Waals surface area (Å²) >= 11 is 0. The van der Waals surface area contributed by atoms with Crippen LogP contribution in [-0.4, -0.2) is 37.3 Å². The number of aliphatic hydroxyl groups excluding tert-OH is 1. The van der Waals surface area contributed by atoms with Crippen molar-refractivity contribution in [2.24, 2.45) is 0 Å². The molecule has 1 N–H and O–H groups in total. The van der Waals surface area contributed by atoms with E-state index >= 15 is 0 Å². The van der Waals surface area contributed by atoms with Crippen molar-refractivity contribution in [3.8, 4) is 0 Å². The van der Waals surface area contributed by atoms with Gasteiger partial charge in [-0.2, -0.15) is 0 Å². The number of nitrogens with zero attached hydrogens (tertiary/aromatic N) is 1. The highest BCUT2D eigenvalue weighted by Crippen LogP contribution is 1.92. The molecular formula is C7H16NO. The minimum Gasteiger partial charge on any atom is -0.396 e. The molecule has 0 aromatic rings. The fourth-order valence-corrected chi connectivity index (χ4v) is 0.585. The van der Waals surface area contributed by atoms with Crippen molar-refractivity contribution in [2.45, 2.75) is 12.8 Å². The van der Waals surface area contributed by atoms with Gasteiger partial charge in [-0.05, 0) is 33.4 Å². The average molecular weight is 130 g/mol. The summed E-state index contributed by atoms with van der Waals surface area (Å²) in [4.78, 5) is 2.11. The predicted molar refractivity (Wildman–Crippen MR) is 39.2 cm³/mol. The van der Waals surface area contributed by atoms with Gasteiger partial charge in [0.05, 0.1) is 0 Å². The molecule has 0 rings (SSSR count). The normalized spacial score (nSPS) is 10.7. The van der Waals surface area contributed by atoms with E-state index in [1.54, 1.807) is 0 Å². The highest BCUT2D eigenvalue weighted by molar-refractivity contribution is 4.66. The van der Waals surface area contributed by atoms with Crippen molar-refractivity contribution in [3.05, 3.63) is 6.42 Å². The van der Waals surface area contributed by atoms with E-state index in [1.165, 1.54) is 0 Å². The summed E-state index contributed by atoms with van der Waals surface area (Å²) in [7, 11) is 4.07. The Kier molecular flexibility index (Phi) is 5.99. The molecule has 0 aromatic carbocycles. The van der Waals surface area contributed by atoms with E-state index in [-0.39, 0.29) is 0 Å². The monoisotopic (exact) mass is 130 g/mol. The SMILES string of the molecule is CN(C)C[CH]CCCO. The molecule has 0 aliphatic rings. The van der Waals surface area contributed by atoms with E-state index in [4.69, 9.17) is 5.11 Å². The predicted octanol–water partition coefficient (Wildman–Crippen LogP) is 0.525. The Morgan fingerprint density at radius 2 is 2.11 bits per heavy atom. The lowest BCUT2D eigenvalue weighted by Gasteiger charge is -2.07. The van der Waals surface area contributed by atoms with Gasteiger partial charge in [-0.15, -0.1) is 0 Å². The van der Waals surface area contributed by atoms with Crippen molar-refractivity contribution in [3.63, 3.8) is 0 Å². The van der Waals surface area contributed by atoms with Crippen LogP contribution < -0.4 is 0 Å². The zero-order valence-electron chi connectivity index (χ0n) is 6.30. The molecule has 0 fully saturated rings. The Hall–Kier alpha value is -0.0800. The van der Waals surface area contributed by atoms with Crippen molar-refractivity contribution in [2.75, 3.05) is 27.2 Å². The van der Waals surface area contributed by atoms with Crippen molar-refractivity contribution in [1.29, 1.82) is 0 Å². The standard InChI is InChI=1S/C7H16NO/c1-8(2)6-4-3-5-7-9/h4,9H,3,5-7H2,1-2H3. The van der Waals surface area contributed by atoms with Crippen LogP contribution >= 0.6 is 0 Å². The van der Waals surface area contributed by atoms with Gasteiger partial charge in [-0.3, -0.25) is 0 Å². The molecule has 0 aromatic heterocycles. The summed E-state index contributed by atoms with van der Waals surface area (Å²) in [5, 5.41) is 8.40. The maximum atomic E-state index is 8.40. The molecule has 55 valence electrons. The summed E-state index contributed by atoms with van der Waals surface area (Å²) in [5.74, 6) is 0. The van der Waals surface area contributed by atoms with Gasteiger partial charge in [0.25, 0.3) is 0 Å². The first kappa shape index (κ1) is 8.92. The summed E-state index contributed by atoms with van der Waals surface area (Å²) in [6.07, 6.45) is 4.10. The van der Waals surface area contributed by atoms with Gasteiger partial charge in [0.1, 0.15) is 0 Å². The second-order valence-electron chi connectivity index (χ2n) is 2.42. The minimum atomic E-state index is 0.309. The van der Waals surface area contributed by atoms with Crippen LogP contribution in [0.25, 0.3) is 0 Å². The van der Waals surface area contributed by atoms with Gasteiger partial charge < -0.3 is 10.0 Å². The molecule has 0 atom stereocenters. The third-order valence-corrected chi connectivity index (χ3v) is 1.06. The van der Waals surface area contributed by atoms with Gasteiger partial charge in [0.15, 0.2) is 0 Å². The zero-order valence-corrected chi connectivity index (χ0v) is 6.30. The first-order chi connectivity index (χ1) is 4.27. The summed E-state index contributed by atoms with van der Waals surface area (Å²) in [5.41, 5.74) is 0. The molecule has 0 aliphatic heterocycles. The number of unbranched alkanes of at least 4 members (excludes halogenated alkanes) is 2. The smallest absolute Gasteiger partial charge is 0.0431 e. The molecule has 2 nitrogen and oxygen atoms in total. The van der Waals surface area contributed by atoms with Crippen LogP contribution in [0.2, 0.25) is 0 Å². The largest absolute Gasteiger partial charge is 0.396 e. The van der Waals surface area contributed by atoms with Gasteiger partial charge in [0.2, 0.25) is 0 Å². The Bertz CT molecular complexity index is 54.9. The summed E-state index contributed by atoms with van der Waals surface area (Å²) in [6.45, 7) is 1.32. The van der Waals surface area contributed by atoms with Crippen LogP contribution in [0, 0.1) is 6.42 Å². The lowest BCUT2D eigenvalue weighted by atomic mass is 10.2. The Labute approximate surface area is 57.5 Å². The van der Waals surface area contributed by atoms with E-state index in [9.17, 15) is 0 Å². The van der Waals surface area contributed by atoms with Crippen LogP contribution in [0.5, 0.6) is 0 Å². The van der Waals surface area contributed by atoms with Crippen LogP contribution in [0.4, 0.5) is 0 Å². The van der Waals surface area contributed by atoms with Crippen LogP contribution in [0.15, 0.2) is 0 Å². The minimum absolute atomic E-state index is 0.309. The first-order valence-electron chi connectivity index (χ1n) is 3.34. The number of hydrogen-bond acceptors (Lipinski definition) is 2. The third kappa shape index (κ3) is 7.92.